The molecule has 114 valence electrons. The third kappa shape index (κ3) is 3.91. The Balaban J connectivity index is 2.10. The van der Waals surface area contributed by atoms with Crippen LogP contribution in [0.3, 0.4) is 0 Å². The number of allylic oxidation sites excluding steroid dienone is 7. The zero-order chi connectivity index (χ0) is 16.0. The number of halogens is 2. The molecule has 0 N–H and O–H groups in total. The average molecular weight is 298 g/mol. The number of hydrogen-bond acceptors (Lipinski definition) is 0. The van der Waals surface area contributed by atoms with Crippen molar-refractivity contribution in [3.8, 4) is 0 Å². The summed E-state index contributed by atoms with van der Waals surface area (Å²) < 4.78 is 28.7. The molecule has 2 atom stereocenters. The van der Waals surface area contributed by atoms with E-state index in [1.165, 1.54) is 18.2 Å². The van der Waals surface area contributed by atoms with Gasteiger partial charge in [0, 0.05) is 0 Å². The Morgan fingerprint density at radius 2 is 1.77 bits per heavy atom. The molecule has 0 fully saturated rings. The van der Waals surface area contributed by atoms with Crippen molar-refractivity contribution in [2.24, 2.45) is 0 Å². The third-order valence-electron chi connectivity index (χ3n) is 3.61. The number of rotatable bonds is 6. The zero-order valence-electron chi connectivity index (χ0n) is 12.5. The van der Waals surface area contributed by atoms with Crippen LogP contribution in [-0.4, -0.2) is 11.8 Å². The Morgan fingerprint density at radius 1 is 1.09 bits per heavy atom. The zero-order valence-corrected chi connectivity index (χ0v) is 12.5. The molecule has 1 aromatic carbocycles. The molecule has 0 saturated carbocycles. The molecule has 2 rings (SSSR count). The van der Waals surface area contributed by atoms with Gasteiger partial charge in [-0.25, -0.2) is 8.78 Å². The summed E-state index contributed by atoms with van der Waals surface area (Å²) in [6, 6.07) is 7.69. The predicted molar refractivity (Wildman–Crippen MR) is 90.1 cm³/mol. The van der Waals surface area contributed by atoms with E-state index in [1.807, 2.05) is 30.3 Å². The first-order valence-electron chi connectivity index (χ1n) is 7.30. The van der Waals surface area contributed by atoms with Gasteiger partial charge in [-0.2, -0.15) is 0 Å². The molecule has 0 radical (unpaired) electrons. The minimum Gasteiger partial charge on any atom is -0.239 e. The van der Waals surface area contributed by atoms with Crippen LogP contribution in [0.1, 0.15) is 17.5 Å². The van der Waals surface area contributed by atoms with E-state index in [0.29, 0.717) is 6.42 Å². The molecule has 0 amide bonds. The summed E-state index contributed by atoms with van der Waals surface area (Å²) in [5.74, 6) is 0. The van der Waals surface area contributed by atoms with Crippen molar-refractivity contribution in [3.63, 3.8) is 0 Å². The van der Waals surface area contributed by atoms with Crippen LogP contribution in [0.5, 0.6) is 0 Å². The van der Waals surface area contributed by atoms with Crippen LogP contribution in [0.25, 0.3) is 6.08 Å². The second kappa shape index (κ2) is 7.17. The minimum absolute atomic E-state index is 0.543. The molecule has 22 heavy (non-hydrogen) atoms. The molecule has 0 bridgehead atoms. The number of benzene rings is 1. The van der Waals surface area contributed by atoms with Gasteiger partial charge in [-0.15, -0.1) is 13.2 Å². The summed E-state index contributed by atoms with van der Waals surface area (Å²) in [5.41, 5.74) is 0.633. The van der Waals surface area contributed by atoms with Crippen LogP contribution in [0.2, 0.25) is 0 Å². The van der Waals surface area contributed by atoms with Crippen LogP contribution in [-0.2, 0) is 6.42 Å². The first kappa shape index (κ1) is 16.2. The quantitative estimate of drug-likeness (QED) is 0.604. The fourth-order valence-electron chi connectivity index (χ4n) is 2.30. The lowest BCUT2D eigenvalue weighted by Gasteiger charge is -2.24. The first-order chi connectivity index (χ1) is 10.6. The molecule has 1 aromatic rings. The van der Waals surface area contributed by atoms with Gasteiger partial charge in [-0.3, -0.25) is 0 Å². The maximum absolute atomic E-state index is 14.6. The number of alkyl halides is 2. The van der Waals surface area contributed by atoms with Gasteiger partial charge in [-0.05, 0) is 47.8 Å². The van der Waals surface area contributed by atoms with E-state index in [2.05, 4.69) is 13.2 Å². The summed E-state index contributed by atoms with van der Waals surface area (Å²) in [6.45, 7) is 7.29. The van der Waals surface area contributed by atoms with Crippen molar-refractivity contribution >= 4 is 6.08 Å². The smallest absolute Gasteiger partial charge is 0.182 e. The fourth-order valence-corrected chi connectivity index (χ4v) is 2.30. The van der Waals surface area contributed by atoms with E-state index >= 15 is 0 Å². The highest BCUT2D eigenvalue weighted by Gasteiger charge is 2.35. The van der Waals surface area contributed by atoms with Gasteiger partial charge in [0.1, 0.15) is 0 Å². The molecular formula is C20H20F2. The Hall–Kier alpha value is -2.22. The predicted octanol–water partition coefficient (Wildman–Crippen LogP) is 5.55. The SMILES string of the molecule is C=CCC1=CC(F)C(F)(C=Cc2ccc(CC=C)cc2)C=C1. The van der Waals surface area contributed by atoms with E-state index in [4.69, 9.17) is 0 Å². The lowest BCUT2D eigenvalue weighted by molar-refractivity contribution is 0.173. The second-order valence-corrected chi connectivity index (χ2v) is 5.36. The molecule has 0 nitrogen and oxygen atoms in total. The minimum atomic E-state index is -2.09. The van der Waals surface area contributed by atoms with E-state index in [1.54, 1.807) is 18.2 Å². The maximum atomic E-state index is 14.6. The van der Waals surface area contributed by atoms with Crippen molar-refractivity contribution in [3.05, 3.63) is 90.6 Å². The molecule has 0 heterocycles. The van der Waals surface area contributed by atoms with Crippen molar-refractivity contribution in [2.75, 3.05) is 0 Å². The van der Waals surface area contributed by atoms with E-state index in [9.17, 15) is 8.78 Å². The van der Waals surface area contributed by atoms with Crippen LogP contribution in [0.4, 0.5) is 8.78 Å². The summed E-state index contributed by atoms with van der Waals surface area (Å²) in [7, 11) is 0. The van der Waals surface area contributed by atoms with E-state index in [0.717, 1.165) is 23.1 Å². The average Bonchev–Trinajstić information content (AvgIpc) is 2.51. The van der Waals surface area contributed by atoms with Gasteiger partial charge in [-0.1, -0.05) is 48.6 Å². The normalized spacial score (nSPS) is 24.3. The molecule has 1 aliphatic carbocycles. The highest BCUT2D eigenvalue weighted by atomic mass is 19.2. The molecule has 1 aliphatic rings. The van der Waals surface area contributed by atoms with Gasteiger partial charge in [0.25, 0.3) is 0 Å². The monoisotopic (exact) mass is 298 g/mol. The third-order valence-corrected chi connectivity index (χ3v) is 3.61. The highest BCUT2D eigenvalue weighted by molar-refractivity contribution is 5.53. The van der Waals surface area contributed by atoms with Gasteiger partial charge < -0.3 is 0 Å². The summed E-state index contributed by atoms with van der Waals surface area (Å²) in [5, 5.41) is 0. The fraction of sp³-hybridized carbons (Fsp3) is 0.200. The van der Waals surface area contributed by atoms with Crippen molar-refractivity contribution in [1.82, 2.24) is 0 Å². The lowest BCUT2D eigenvalue weighted by atomic mass is 9.90. The van der Waals surface area contributed by atoms with E-state index < -0.39 is 11.8 Å². The highest BCUT2D eigenvalue weighted by Crippen LogP contribution is 2.31. The number of hydrogen-bond donors (Lipinski definition) is 0. The molecule has 0 saturated heterocycles. The van der Waals surface area contributed by atoms with Crippen LogP contribution < -0.4 is 0 Å². The second-order valence-electron chi connectivity index (χ2n) is 5.36. The summed E-state index contributed by atoms with van der Waals surface area (Å²) in [6.07, 6.45) is 10.3. The van der Waals surface area contributed by atoms with Crippen molar-refractivity contribution in [2.45, 2.75) is 24.7 Å². The summed E-state index contributed by atoms with van der Waals surface area (Å²) >= 11 is 0. The topological polar surface area (TPSA) is 0 Å². The maximum Gasteiger partial charge on any atom is 0.182 e. The van der Waals surface area contributed by atoms with Crippen molar-refractivity contribution in [1.29, 1.82) is 0 Å². The molecular weight excluding hydrogens is 278 g/mol. The van der Waals surface area contributed by atoms with Gasteiger partial charge in [0.05, 0.1) is 0 Å². The van der Waals surface area contributed by atoms with Crippen molar-refractivity contribution < 1.29 is 8.78 Å². The van der Waals surface area contributed by atoms with Crippen LogP contribution in [0.15, 0.2) is 79.5 Å². The Bertz CT molecular complexity index is 620. The largest absolute Gasteiger partial charge is 0.239 e. The first-order valence-corrected chi connectivity index (χ1v) is 7.30. The molecule has 2 heteroatoms. The molecule has 2 unspecified atom stereocenters. The van der Waals surface area contributed by atoms with Gasteiger partial charge >= 0.3 is 0 Å². The Labute approximate surface area is 130 Å². The lowest BCUT2D eigenvalue weighted by Crippen LogP contribution is -2.31. The molecule has 0 aliphatic heterocycles. The van der Waals surface area contributed by atoms with Crippen LogP contribution >= 0.6 is 0 Å². The Morgan fingerprint density at radius 3 is 2.36 bits per heavy atom. The van der Waals surface area contributed by atoms with Gasteiger partial charge in [0.15, 0.2) is 11.8 Å². The van der Waals surface area contributed by atoms with Gasteiger partial charge in [0.2, 0.25) is 0 Å². The standard InChI is InChI=1S/C20H20F2/c1-3-5-16-7-9-17(10-8-16)11-13-20(22)14-12-18(6-4-2)15-19(20)21/h3-4,7-15,19H,1-2,5-6H2. The summed E-state index contributed by atoms with van der Waals surface area (Å²) in [4.78, 5) is 0. The van der Waals surface area contributed by atoms with E-state index in [-0.39, 0.29) is 0 Å². The molecule has 0 spiro atoms. The van der Waals surface area contributed by atoms with Crippen LogP contribution in [0, 0.1) is 0 Å². The Kier molecular flexibility index (Phi) is 5.26. The molecule has 0 aromatic heterocycles.